The molecule has 2 heterocycles. The Balaban J connectivity index is 1.49. The van der Waals surface area contributed by atoms with Gasteiger partial charge in [-0.2, -0.15) is 0 Å². The predicted octanol–water partition coefficient (Wildman–Crippen LogP) is 1.81. The number of nitrogens with zero attached hydrogens (tertiary/aromatic N) is 1. The molecule has 168 valence electrons. The number of nitrogens with one attached hydrogen (secondary N) is 2. The largest absolute Gasteiger partial charge is 0.379 e. The van der Waals surface area contributed by atoms with Crippen molar-refractivity contribution in [3.05, 3.63) is 52.2 Å². The Morgan fingerprint density at radius 2 is 1.87 bits per heavy atom. The zero-order valence-electron chi connectivity index (χ0n) is 17.4. The number of amides is 1. The minimum absolute atomic E-state index is 0.0101. The highest BCUT2D eigenvalue weighted by molar-refractivity contribution is 7.89. The molecule has 0 spiro atoms. The summed E-state index contributed by atoms with van der Waals surface area (Å²) < 4.78 is 32.6. The monoisotopic (exact) mass is 465 g/mol. The molecule has 2 N–H and O–H groups in total. The summed E-state index contributed by atoms with van der Waals surface area (Å²) in [5, 5.41) is 4.94. The van der Waals surface area contributed by atoms with Gasteiger partial charge in [0.2, 0.25) is 15.9 Å². The number of benzene rings is 1. The average molecular weight is 466 g/mol. The summed E-state index contributed by atoms with van der Waals surface area (Å²) in [6, 6.07) is 9.83. The van der Waals surface area contributed by atoms with Gasteiger partial charge in [-0.15, -0.1) is 11.3 Å². The topological polar surface area (TPSA) is 105 Å². The van der Waals surface area contributed by atoms with Crippen LogP contribution in [0.4, 0.5) is 0 Å². The van der Waals surface area contributed by atoms with Crippen molar-refractivity contribution >= 4 is 33.1 Å². The van der Waals surface area contributed by atoms with Gasteiger partial charge in [-0.1, -0.05) is 18.2 Å². The Kier molecular flexibility index (Phi) is 8.33. The van der Waals surface area contributed by atoms with Crippen molar-refractivity contribution in [2.45, 2.75) is 24.3 Å². The zero-order chi connectivity index (χ0) is 22.3. The van der Waals surface area contributed by atoms with Gasteiger partial charge in [0.05, 0.1) is 24.2 Å². The first-order valence-corrected chi connectivity index (χ1v) is 12.5. The van der Waals surface area contributed by atoms with Crippen molar-refractivity contribution in [2.24, 2.45) is 0 Å². The van der Waals surface area contributed by atoms with E-state index in [-0.39, 0.29) is 35.6 Å². The Labute approximate surface area is 186 Å². The van der Waals surface area contributed by atoms with Crippen molar-refractivity contribution in [2.75, 3.05) is 39.4 Å². The van der Waals surface area contributed by atoms with Gasteiger partial charge in [-0.05, 0) is 30.5 Å². The lowest BCUT2D eigenvalue weighted by molar-refractivity contribution is -0.121. The maximum Gasteiger partial charge on any atom is 0.240 e. The molecule has 0 aliphatic carbocycles. The molecule has 10 heteroatoms. The van der Waals surface area contributed by atoms with Gasteiger partial charge >= 0.3 is 0 Å². The molecule has 1 aliphatic heterocycles. The van der Waals surface area contributed by atoms with E-state index in [0.29, 0.717) is 25.3 Å². The fourth-order valence-corrected chi connectivity index (χ4v) is 5.22. The van der Waals surface area contributed by atoms with Crippen molar-refractivity contribution in [3.8, 4) is 0 Å². The van der Waals surface area contributed by atoms with Gasteiger partial charge in [0.1, 0.15) is 0 Å². The summed E-state index contributed by atoms with van der Waals surface area (Å²) in [6.45, 7) is 4.82. The van der Waals surface area contributed by atoms with E-state index in [9.17, 15) is 18.0 Å². The minimum atomic E-state index is -3.74. The average Bonchev–Trinajstić information content (AvgIpc) is 3.29. The molecule has 1 unspecified atom stereocenters. The van der Waals surface area contributed by atoms with Crippen molar-refractivity contribution in [1.29, 1.82) is 0 Å². The number of carbonyl (C=O) groups is 2. The van der Waals surface area contributed by atoms with Gasteiger partial charge in [-0.3, -0.25) is 14.5 Å². The highest BCUT2D eigenvalue weighted by Crippen LogP contribution is 2.25. The molecule has 2 aromatic rings. The number of hydrogen-bond acceptors (Lipinski definition) is 7. The van der Waals surface area contributed by atoms with Crippen LogP contribution in [0.25, 0.3) is 0 Å². The molecule has 1 fully saturated rings. The van der Waals surface area contributed by atoms with Crippen LogP contribution in [0.3, 0.4) is 0 Å². The van der Waals surface area contributed by atoms with Gasteiger partial charge < -0.3 is 10.1 Å². The first kappa shape index (κ1) is 23.6. The van der Waals surface area contributed by atoms with Crippen LogP contribution in [0.15, 0.2) is 46.7 Å². The molecule has 3 rings (SSSR count). The van der Waals surface area contributed by atoms with Crippen LogP contribution in [0.2, 0.25) is 0 Å². The molecule has 1 aromatic carbocycles. The SMILES string of the molecule is CC(=O)c1ccc(S(=O)(=O)NCCC(=O)NCC(c2cccs2)N2CCOCC2)cc1. The number of hydrogen-bond donors (Lipinski definition) is 2. The van der Waals surface area contributed by atoms with E-state index in [1.807, 2.05) is 11.4 Å². The van der Waals surface area contributed by atoms with E-state index in [2.05, 4.69) is 21.0 Å². The van der Waals surface area contributed by atoms with Crippen molar-refractivity contribution < 1.29 is 22.7 Å². The Hall–Kier alpha value is -2.11. The normalized spacial score (nSPS) is 16.0. The second-order valence-electron chi connectivity index (χ2n) is 7.21. The standard InChI is InChI=1S/C21H27N3O5S2/c1-16(25)17-4-6-18(7-5-17)31(27,28)23-9-8-21(26)22-15-19(20-3-2-14-30-20)24-10-12-29-13-11-24/h2-7,14,19,23H,8-13,15H2,1H3,(H,22,26). The summed E-state index contributed by atoms with van der Waals surface area (Å²) in [6.07, 6.45) is 0.0328. The molecule has 0 saturated carbocycles. The Morgan fingerprint density at radius 3 is 2.48 bits per heavy atom. The predicted molar refractivity (Wildman–Crippen MR) is 119 cm³/mol. The molecule has 8 nitrogen and oxygen atoms in total. The van der Waals surface area contributed by atoms with E-state index < -0.39 is 10.0 Å². The first-order valence-electron chi connectivity index (χ1n) is 10.1. The fourth-order valence-electron chi connectivity index (χ4n) is 3.33. The van der Waals surface area contributed by atoms with Gasteiger partial charge in [-0.25, -0.2) is 13.1 Å². The lowest BCUT2D eigenvalue weighted by atomic mass is 10.2. The van der Waals surface area contributed by atoms with E-state index in [4.69, 9.17) is 4.74 Å². The van der Waals surface area contributed by atoms with Gasteiger partial charge in [0, 0.05) is 43.0 Å². The molecular formula is C21H27N3O5S2. The maximum absolute atomic E-state index is 12.4. The van der Waals surface area contributed by atoms with Crippen LogP contribution in [0, 0.1) is 0 Å². The van der Waals surface area contributed by atoms with Crippen LogP contribution >= 0.6 is 11.3 Å². The highest BCUT2D eigenvalue weighted by Gasteiger charge is 2.24. The number of carbonyl (C=O) groups excluding carboxylic acids is 2. The number of morpholine rings is 1. The van der Waals surface area contributed by atoms with E-state index in [1.165, 1.54) is 36.1 Å². The molecule has 0 bridgehead atoms. The third kappa shape index (κ3) is 6.68. The Bertz CT molecular complexity index is 969. The van der Waals surface area contributed by atoms with Crippen LogP contribution < -0.4 is 10.0 Å². The number of sulfonamides is 1. The van der Waals surface area contributed by atoms with Crippen molar-refractivity contribution in [1.82, 2.24) is 14.9 Å². The smallest absolute Gasteiger partial charge is 0.240 e. The summed E-state index contributed by atoms with van der Waals surface area (Å²) in [7, 11) is -3.74. The third-order valence-corrected chi connectivity index (χ3v) is 7.52. The van der Waals surface area contributed by atoms with Crippen LogP contribution in [0.5, 0.6) is 0 Å². The van der Waals surface area contributed by atoms with Gasteiger partial charge in [0.15, 0.2) is 5.78 Å². The molecule has 1 saturated heterocycles. The number of Topliss-reactive ketones (excluding diaryl/α,β-unsaturated/α-hetero) is 1. The van der Waals surface area contributed by atoms with Gasteiger partial charge in [0.25, 0.3) is 0 Å². The van der Waals surface area contributed by atoms with E-state index in [1.54, 1.807) is 11.3 Å². The zero-order valence-corrected chi connectivity index (χ0v) is 19.0. The summed E-state index contributed by atoms with van der Waals surface area (Å²) >= 11 is 1.65. The van der Waals surface area contributed by atoms with Crippen molar-refractivity contribution in [3.63, 3.8) is 0 Å². The number of ketones is 1. The highest BCUT2D eigenvalue weighted by atomic mass is 32.2. The quantitative estimate of drug-likeness (QED) is 0.519. The van der Waals surface area contributed by atoms with Crippen LogP contribution in [0.1, 0.15) is 34.6 Å². The molecule has 1 amide bonds. The molecule has 0 radical (unpaired) electrons. The number of rotatable bonds is 10. The second kappa shape index (κ2) is 11.0. The summed E-state index contributed by atoms with van der Waals surface area (Å²) in [5.41, 5.74) is 0.443. The molecule has 1 aliphatic rings. The minimum Gasteiger partial charge on any atom is -0.379 e. The molecule has 1 atom stereocenters. The lowest BCUT2D eigenvalue weighted by Crippen LogP contribution is -2.43. The van der Waals surface area contributed by atoms with Crippen LogP contribution in [-0.4, -0.2) is 64.4 Å². The van der Waals surface area contributed by atoms with E-state index in [0.717, 1.165) is 13.1 Å². The molecular weight excluding hydrogens is 438 g/mol. The number of thiophene rings is 1. The molecule has 1 aromatic heterocycles. The maximum atomic E-state index is 12.4. The van der Waals surface area contributed by atoms with Crippen LogP contribution in [-0.2, 0) is 19.6 Å². The summed E-state index contributed by atoms with van der Waals surface area (Å²) in [5.74, 6) is -0.351. The fraction of sp³-hybridized carbons (Fsp3) is 0.429. The van der Waals surface area contributed by atoms with E-state index >= 15 is 0 Å². The lowest BCUT2D eigenvalue weighted by Gasteiger charge is -2.34. The molecule has 31 heavy (non-hydrogen) atoms. The first-order chi connectivity index (χ1) is 14.9. The number of ether oxygens (including phenoxy) is 1. The summed E-state index contributed by atoms with van der Waals surface area (Å²) in [4.78, 5) is 27.2. The second-order valence-corrected chi connectivity index (χ2v) is 9.96. The third-order valence-electron chi connectivity index (χ3n) is 5.07. The Morgan fingerprint density at radius 1 is 1.16 bits per heavy atom.